The van der Waals surface area contributed by atoms with Crippen LogP contribution < -0.4 is 5.32 Å². The molecule has 4 heteroatoms. The van der Waals surface area contributed by atoms with E-state index in [0.717, 1.165) is 37.3 Å². The van der Waals surface area contributed by atoms with Gasteiger partial charge < -0.3 is 10.2 Å². The first-order valence-corrected chi connectivity index (χ1v) is 8.23. The number of piperidine rings is 1. The van der Waals surface area contributed by atoms with Crippen molar-refractivity contribution < 1.29 is 4.79 Å². The Morgan fingerprint density at radius 3 is 2.61 bits per heavy atom. The highest BCUT2D eigenvalue weighted by Crippen LogP contribution is 2.22. The maximum atomic E-state index is 12.6. The summed E-state index contributed by atoms with van der Waals surface area (Å²) in [7, 11) is 0. The molecule has 0 saturated carbocycles. The molecule has 120 valence electrons. The topological polar surface area (TPSA) is 45.2 Å². The molecule has 1 aliphatic rings. The van der Waals surface area contributed by atoms with Crippen molar-refractivity contribution >= 4 is 17.3 Å². The molecule has 1 aromatic heterocycles. The molecule has 1 amide bonds. The molecule has 0 bridgehead atoms. The van der Waals surface area contributed by atoms with E-state index in [9.17, 15) is 4.79 Å². The Morgan fingerprint density at radius 1 is 1.09 bits per heavy atom. The fraction of sp³-hybridized carbons (Fsp3) is 0.368. The Balaban J connectivity index is 1.78. The van der Waals surface area contributed by atoms with Gasteiger partial charge in [0.2, 0.25) is 0 Å². The van der Waals surface area contributed by atoms with Gasteiger partial charge in [-0.1, -0.05) is 17.7 Å². The molecule has 0 aliphatic carbocycles. The lowest BCUT2D eigenvalue weighted by atomic mass is 10.1. The molecule has 1 aliphatic heterocycles. The average molecular weight is 309 g/mol. The molecule has 0 atom stereocenters. The summed E-state index contributed by atoms with van der Waals surface area (Å²) in [6, 6.07) is 10.0. The summed E-state index contributed by atoms with van der Waals surface area (Å²) in [5.74, 6) is 0.0361. The van der Waals surface area contributed by atoms with Gasteiger partial charge in [0.05, 0.1) is 0 Å². The molecule has 0 unspecified atom stereocenters. The number of carbonyl (C=O) groups excluding carboxylic acids is 1. The van der Waals surface area contributed by atoms with Crippen molar-refractivity contribution in [2.45, 2.75) is 33.1 Å². The number of pyridine rings is 1. The van der Waals surface area contributed by atoms with E-state index in [2.05, 4.69) is 42.3 Å². The number of hydrogen-bond donors (Lipinski definition) is 1. The van der Waals surface area contributed by atoms with Gasteiger partial charge in [-0.25, -0.2) is 0 Å². The molecule has 1 N–H and O–H groups in total. The van der Waals surface area contributed by atoms with Gasteiger partial charge in [0, 0.05) is 30.7 Å². The molecule has 1 fully saturated rings. The average Bonchev–Trinajstić information content (AvgIpc) is 2.58. The van der Waals surface area contributed by atoms with Crippen molar-refractivity contribution in [3.05, 3.63) is 53.3 Å². The molecule has 0 radical (unpaired) electrons. The van der Waals surface area contributed by atoms with Crippen LogP contribution >= 0.6 is 0 Å². The summed E-state index contributed by atoms with van der Waals surface area (Å²) in [5, 5.41) is 3.39. The minimum atomic E-state index is 0.0361. The molecular formula is C19H23N3O. The number of hydrogen-bond acceptors (Lipinski definition) is 3. The van der Waals surface area contributed by atoms with Crippen LogP contribution in [-0.4, -0.2) is 28.9 Å². The Kier molecular flexibility index (Phi) is 4.60. The Bertz CT molecular complexity index is 706. The Hall–Kier alpha value is -2.36. The number of aryl methyl sites for hydroxylation is 2. The number of benzene rings is 1. The number of likely N-dealkylation sites (tertiary alicyclic amines) is 1. The highest BCUT2D eigenvalue weighted by molar-refractivity contribution is 5.93. The molecule has 3 rings (SSSR count). The lowest BCUT2D eigenvalue weighted by Gasteiger charge is -2.26. The van der Waals surface area contributed by atoms with Crippen LogP contribution in [0.1, 0.15) is 40.9 Å². The van der Waals surface area contributed by atoms with E-state index in [1.54, 1.807) is 6.20 Å². The molecule has 23 heavy (non-hydrogen) atoms. The zero-order valence-electron chi connectivity index (χ0n) is 13.8. The monoisotopic (exact) mass is 309 g/mol. The highest BCUT2D eigenvalue weighted by atomic mass is 16.2. The highest BCUT2D eigenvalue weighted by Gasteiger charge is 2.19. The summed E-state index contributed by atoms with van der Waals surface area (Å²) < 4.78 is 0. The van der Waals surface area contributed by atoms with Gasteiger partial charge in [0.15, 0.2) is 0 Å². The van der Waals surface area contributed by atoms with Crippen molar-refractivity contribution in [1.82, 2.24) is 9.88 Å². The third-order valence-electron chi connectivity index (χ3n) is 4.28. The third-order valence-corrected chi connectivity index (χ3v) is 4.28. The molecule has 2 heterocycles. The van der Waals surface area contributed by atoms with Crippen LogP contribution in [0.15, 0.2) is 36.5 Å². The van der Waals surface area contributed by atoms with Gasteiger partial charge in [0.1, 0.15) is 5.69 Å². The van der Waals surface area contributed by atoms with Crippen molar-refractivity contribution in [3.63, 3.8) is 0 Å². The van der Waals surface area contributed by atoms with Gasteiger partial charge in [0.25, 0.3) is 5.91 Å². The van der Waals surface area contributed by atoms with Crippen molar-refractivity contribution in [2.75, 3.05) is 18.4 Å². The van der Waals surface area contributed by atoms with Crippen LogP contribution in [0.3, 0.4) is 0 Å². The largest absolute Gasteiger partial charge is 0.355 e. The van der Waals surface area contributed by atoms with Crippen LogP contribution in [0.5, 0.6) is 0 Å². The van der Waals surface area contributed by atoms with E-state index in [0.29, 0.717) is 5.69 Å². The predicted octanol–water partition coefficient (Wildman–Crippen LogP) is 4.07. The maximum absolute atomic E-state index is 12.6. The number of nitrogens with zero attached hydrogens (tertiary/aromatic N) is 2. The van der Waals surface area contributed by atoms with Crippen molar-refractivity contribution in [1.29, 1.82) is 0 Å². The number of rotatable bonds is 3. The van der Waals surface area contributed by atoms with Crippen LogP contribution in [0.2, 0.25) is 0 Å². The van der Waals surface area contributed by atoms with Gasteiger partial charge in [-0.3, -0.25) is 9.78 Å². The molecule has 1 aromatic carbocycles. The maximum Gasteiger partial charge on any atom is 0.272 e. The predicted molar refractivity (Wildman–Crippen MR) is 93.2 cm³/mol. The van der Waals surface area contributed by atoms with Crippen LogP contribution in [0.4, 0.5) is 11.4 Å². The van der Waals surface area contributed by atoms with E-state index in [1.165, 1.54) is 17.5 Å². The first-order valence-electron chi connectivity index (χ1n) is 8.23. The van der Waals surface area contributed by atoms with Crippen LogP contribution in [0, 0.1) is 13.8 Å². The van der Waals surface area contributed by atoms with E-state index >= 15 is 0 Å². The minimum Gasteiger partial charge on any atom is -0.355 e. The minimum absolute atomic E-state index is 0.0361. The standard InChI is InChI=1S/C19H23N3O/c1-14-6-7-17(15(2)12-14)21-16-8-9-20-18(13-16)19(23)22-10-4-3-5-11-22/h6-9,12-13H,3-5,10-11H2,1-2H3,(H,20,21). The SMILES string of the molecule is Cc1ccc(Nc2ccnc(C(=O)N3CCCCC3)c2)c(C)c1. The fourth-order valence-electron chi connectivity index (χ4n) is 2.99. The second kappa shape index (κ2) is 6.82. The fourth-order valence-corrected chi connectivity index (χ4v) is 2.99. The number of aromatic nitrogens is 1. The molecular weight excluding hydrogens is 286 g/mol. The third kappa shape index (κ3) is 3.70. The molecule has 0 spiro atoms. The molecule has 1 saturated heterocycles. The summed E-state index contributed by atoms with van der Waals surface area (Å²) >= 11 is 0. The second-order valence-electron chi connectivity index (χ2n) is 6.23. The quantitative estimate of drug-likeness (QED) is 0.929. The molecule has 4 nitrogen and oxygen atoms in total. The number of amides is 1. The van der Waals surface area contributed by atoms with Crippen LogP contribution in [0.25, 0.3) is 0 Å². The van der Waals surface area contributed by atoms with Crippen LogP contribution in [-0.2, 0) is 0 Å². The lowest BCUT2D eigenvalue weighted by Crippen LogP contribution is -2.36. The number of nitrogens with one attached hydrogen (secondary N) is 1. The first-order chi connectivity index (χ1) is 11.1. The van der Waals surface area contributed by atoms with E-state index in [-0.39, 0.29) is 5.91 Å². The second-order valence-corrected chi connectivity index (χ2v) is 6.23. The van der Waals surface area contributed by atoms with Crippen molar-refractivity contribution in [3.8, 4) is 0 Å². The van der Waals surface area contributed by atoms with E-state index < -0.39 is 0 Å². The van der Waals surface area contributed by atoms with Crippen molar-refractivity contribution in [2.24, 2.45) is 0 Å². The van der Waals surface area contributed by atoms with Gasteiger partial charge in [-0.05, 0) is 56.9 Å². The Labute approximate surface area is 137 Å². The summed E-state index contributed by atoms with van der Waals surface area (Å²) in [5.41, 5.74) is 4.89. The van der Waals surface area contributed by atoms with E-state index in [4.69, 9.17) is 0 Å². The first kappa shape index (κ1) is 15.5. The zero-order valence-corrected chi connectivity index (χ0v) is 13.8. The van der Waals surface area contributed by atoms with Gasteiger partial charge in [-0.15, -0.1) is 0 Å². The normalized spacial score (nSPS) is 14.6. The molecule has 2 aromatic rings. The summed E-state index contributed by atoms with van der Waals surface area (Å²) in [6.45, 7) is 5.85. The smallest absolute Gasteiger partial charge is 0.272 e. The van der Waals surface area contributed by atoms with Gasteiger partial charge in [-0.2, -0.15) is 0 Å². The summed E-state index contributed by atoms with van der Waals surface area (Å²) in [6.07, 6.45) is 5.09. The Morgan fingerprint density at radius 2 is 1.87 bits per heavy atom. The van der Waals surface area contributed by atoms with Gasteiger partial charge >= 0.3 is 0 Å². The van der Waals surface area contributed by atoms with E-state index in [1.807, 2.05) is 17.0 Å². The zero-order chi connectivity index (χ0) is 16.2. The number of anilines is 2. The lowest BCUT2D eigenvalue weighted by molar-refractivity contribution is 0.0718. The number of carbonyl (C=O) groups is 1. The summed E-state index contributed by atoms with van der Waals surface area (Å²) in [4.78, 5) is 18.7.